The molecule has 3 amide bonds. The molecule has 0 fully saturated rings. The van der Waals surface area contributed by atoms with Crippen LogP contribution in [0.15, 0.2) is 79.4 Å². The standard InChI is InChI=1S/C24H20FN5O3S/c25-18-6-4-16(5-7-18)20-8-9-21(34-20)24(33)29-28-23(32)17-2-1-3-19(14-17)27-22(31)10-12-30-13-11-26-15-30/h1-9,11,13-15H,10,12H2,(H,27,31)(H,28,32)(H,29,33). The van der Waals surface area contributed by atoms with Crippen LogP contribution in [0.2, 0.25) is 0 Å². The predicted octanol–water partition coefficient (Wildman–Crippen LogP) is 3.85. The number of halogens is 1. The molecule has 0 bridgehead atoms. The quantitative estimate of drug-likeness (QED) is 0.352. The summed E-state index contributed by atoms with van der Waals surface area (Å²) in [5.74, 6) is -1.54. The number of hydrogen-bond acceptors (Lipinski definition) is 5. The average molecular weight is 478 g/mol. The molecule has 0 aliphatic carbocycles. The minimum Gasteiger partial charge on any atom is -0.337 e. The van der Waals surface area contributed by atoms with E-state index in [1.54, 1.807) is 65.8 Å². The summed E-state index contributed by atoms with van der Waals surface area (Å²) in [4.78, 5) is 42.2. The Labute approximate surface area is 198 Å². The normalized spacial score (nSPS) is 10.5. The summed E-state index contributed by atoms with van der Waals surface area (Å²) in [6, 6.07) is 15.8. The van der Waals surface area contributed by atoms with E-state index in [2.05, 4.69) is 21.2 Å². The van der Waals surface area contributed by atoms with E-state index in [-0.39, 0.29) is 23.7 Å². The topological polar surface area (TPSA) is 105 Å². The number of anilines is 1. The van der Waals surface area contributed by atoms with Crippen molar-refractivity contribution in [3.8, 4) is 10.4 Å². The number of hydrogen-bond donors (Lipinski definition) is 3. The number of carbonyl (C=O) groups excluding carboxylic acids is 3. The minimum atomic E-state index is -0.529. The molecule has 0 saturated heterocycles. The number of benzene rings is 2. The van der Waals surface area contributed by atoms with Crippen LogP contribution in [0, 0.1) is 5.82 Å². The summed E-state index contributed by atoms with van der Waals surface area (Å²) < 4.78 is 14.9. The highest BCUT2D eigenvalue weighted by Crippen LogP contribution is 2.28. The van der Waals surface area contributed by atoms with E-state index in [1.165, 1.54) is 29.5 Å². The predicted molar refractivity (Wildman–Crippen MR) is 127 cm³/mol. The van der Waals surface area contributed by atoms with E-state index in [9.17, 15) is 18.8 Å². The first kappa shape index (κ1) is 22.9. The van der Waals surface area contributed by atoms with Crippen LogP contribution in [-0.2, 0) is 11.3 Å². The first-order valence-corrected chi connectivity index (χ1v) is 11.1. The zero-order valence-corrected chi connectivity index (χ0v) is 18.6. The number of rotatable bonds is 7. The second kappa shape index (κ2) is 10.5. The molecule has 0 radical (unpaired) electrons. The van der Waals surface area contributed by atoms with Crippen LogP contribution >= 0.6 is 11.3 Å². The largest absolute Gasteiger partial charge is 0.337 e. The monoisotopic (exact) mass is 477 g/mol. The van der Waals surface area contributed by atoms with E-state index in [1.807, 2.05) is 0 Å². The fourth-order valence-electron chi connectivity index (χ4n) is 3.09. The number of nitrogens with zero attached hydrogens (tertiary/aromatic N) is 2. The first-order chi connectivity index (χ1) is 16.5. The Morgan fingerprint density at radius 1 is 0.971 bits per heavy atom. The van der Waals surface area contributed by atoms with Crippen LogP contribution in [0.25, 0.3) is 10.4 Å². The summed E-state index contributed by atoms with van der Waals surface area (Å²) in [7, 11) is 0. The number of imidazole rings is 1. The second-order valence-corrected chi connectivity index (χ2v) is 8.34. The van der Waals surface area contributed by atoms with Gasteiger partial charge in [0.1, 0.15) is 5.82 Å². The second-order valence-electron chi connectivity index (χ2n) is 7.26. The molecule has 4 aromatic rings. The van der Waals surface area contributed by atoms with E-state index >= 15 is 0 Å². The lowest BCUT2D eigenvalue weighted by molar-refractivity contribution is -0.116. The SMILES string of the molecule is O=C(CCn1ccnc1)Nc1cccc(C(=O)NNC(=O)c2ccc(-c3ccc(F)cc3)s2)c1. The van der Waals surface area contributed by atoms with Crippen molar-refractivity contribution in [3.63, 3.8) is 0 Å². The number of amides is 3. The molecule has 0 unspecified atom stereocenters. The summed E-state index contributed by atoms with van der Waals surface area (Å²) in [6.45, 7) is 0.490. The van der Waals surface area contributed by atoms with E-state index in [0.29, 0.717) is 17.1 Å². The van der Waals surface area contributed by atoms with Gasteiger partial charge in [0.2, 0.25) is 5.91 Å². The molecule has 8 nitrogen and oxygen atoms in total. The molecule has 2 aromatic carbocycles. The van der Waals surface area contributed by atoms with Crippen LogP contribution in [0.5, 0.6) is 0 Å². The van der Waals surface area contributed by atoms with Crippen molar-refractivity contribution >= 4 is 34.7 Å². The molecule has 3 N–H and O–H groups in total. The number of hydrazine groups is 1. The van der Waals surface area contributed by atoms with Crippen LogP contribution in [-0.4, -0.2) is 27.3 Å². The Kier molecular flexibility index (Phi) is 7.09. The Bertz CT molecular complexity index is 1300. The maximum absolute atomic E-state index is 13.1. The van der Waals surface area contributed by atoms with Gasteiger partial charge in [-0.05, 0) is 48.0 Å². The molecule has 0 aliphatic heterocycles. The van der Waals surface area contributed by atoms with Gasteiger partial charge >= 0.3 is 0 Å². The van der Waals surface area contributed by atoms with Gasteiger partial charge in [-0.1, -0.05) is 18.2 Å². The fourth-order valence-corrected chi connectivity index (χ4v) is 3.99. The summed E-state index contributed by atoms with van der Waals surface area (Å²) in [5, 5.41) is 2.75. The molecule has 2 heterocycles. The number of thiophene rings is 1. The van der Waals surface area contributed by atoms with Crippen LogP contribution < -0.4 is 16.2 Å². The highest BCUT2D eigenvalue weighted by molar-refractivity contribution is 7.17. The molecule has 10 heteroatoms. The molecule has 34 heavy (non-hydrogen) atoms. The highest BCUT2D eigenvalue weighted by atomic mass is 32.1. The maximum Gasteiger partial charge on any atom is 0.279 e. The third-order valence-corrected chi connectivity index (χ3v) is 5.95. The summed E-state index contributed by atoms with van der Waals surface area (Å²) in [6.07, 6.45) is 5.30. The molecular formula is C24H20FN5O3S. The van der Waals surface area contributed by atoms with Gasteiger partial charge in [0.05, 0.1) is 11.2 Å². The third kappa shape index (κ3) is 5.93. The van der Waals surface area contributed by atoms with Crippen LogP contribution in [0.1, 0.15) is 26.5 Å². The van der Waals surface area contributed by atoms with Crippen LogP contribution in [0.4, 0.5) is 10.1 Å². The van der Waals surface area contributed by atoms with Gasteiger partial charge in [-0.25, -0.2) is 9.37 Å². The van der Waals surface area contributed by atoms with E-state index in [4.69, 9.17) is 0 Å². The van der Waals surface area contributed by atoms with Crippen LogP contribution in [0.3, 0.4) is 0 Å². The van der Waals surface area contributed by atoms with Crippen molar-refractivity contribution in [1.29, 1.82) is 0 Å². The van der Waals surface area contributed by atoms with Crippen molar-refractivity contribution in [2.75, 3.05) is 5.32 Å². The smallest absolute Gasteiger partial charge is 0.279 e. The van der Waals surface area contributed by atoms with Gasteiger partial charge in [0.15, 0.2) is 0 Å². The van der Waals surface area contributed by atoms with E-state index in [0.717, 1.165) is 10.4 Å². The van der Waals surface area contributed by atoms with Crippen molar-refractivity contribution in [2.45, 2.75) is 13.0 Å². The van der Waals surface area contributed by atoms with Gasteiger partial charge in [0.25, 0.3) is 11.8 Å². The number of nitrogens with one attached hydrogen (secondary N) is 3. The lowest BCUT2D eigenvalue weighted by atomic mass is 10.2. The number of aromatic nitrogens is 2. The molecule has 0 saturated carbocycles. The molecule has 172 valence electrons. The molecule has 2 aromatic heterocycles. The third-order valence-electron chi connectivity index (χ3n) is 4.81. The molecule has 0 aliphatic rings. The van der Waals surface area contributed by atoms with Crippen molar-refractivity contribution < 1.29 is 18.8 Å². The maximum atomic E-state index is 13.1. The number of carbonyl (C=O) groups is 3. The van der Waals surface area contributed by atoms with Crippen molar-refractivity contribution in [1.82, 2.24) is 20.4 Å². The van der Waals surface area contributed by atoms with Gasteiger partial charge < -0.3 is 9.88 Å². The highest BCUT2D eigenvalue weighted by Gasteiger charge is 2.13. The number of aryl methyl sites for hydroxylation is 1. The molecule has 0 atom stereocenters. The minimum absolute atomic E-state index is 0.200. The first-order valence-electron chi connectivity index (χ1n) is 10.3. The van der Waals surface area contributed by atoms with E-state index < -0.39 is 11.8 Å². The molecule has 0 spiro atoms. The Morgan fingerprint density at radius 2 is 1.76 bits per heavy atom. The lowest BCUT2D eigenvalue weighted by Crippen LogP contribution is -2.41. The van der Waals surface area contributed by atoms with Gasteiger partial charge in [-0.3, -0.25) is 25.2 Å². The fraction of sp³-hybridized carbons (Fsp3) is 0.0833. The van der Waals surface area contributed by atoms with Crippen molar-refractivity contribution in [2.24, 2.45) is 0 Å². The Balaban J connectivity index is 1.30. The molecule has 4 rings (SSSR count). The Morgan fingerprint density at radius 3 is 2.53 bits per heavy atom. The van der Waals surface area contributed by atoms with Gasteiger partial charge in [0, 0.05) is 41.5 Å². The van der Waals surface area contributed by atoms with Gasteiger partial charge in [-0.15, -0.1) is 11.3 Å². The summed E-state index contributed by atoms with van der Waals surface area (Å²) in [5.41, 5.74) is 6.29. The van der Waals surface area contributed by atoms with Gasteiger partial charge in [-0.2, -0.15) is 0 Å². The zero-order valence-electron chi connectivity index (χ0n) is 17.8. The Hall–Kier alpha value is -4.31. The average Bonchev–Trinajstić information content (AvgIpc) is 3.54. The zero-order chi connectivity index (χ0) is 23.9. The van der Waals surface area contributed by atoms with Crippen molar-refractivity contribution in [3.05, 3.63) is 95.6 Å². The summed E-state index contributed by atoms with van der Waals surface area (Å²) >= 11 is 1.22. The molecular weight excluding hydrogens is 457 g/mol. The lowest BCUT2D eigenvalue weighted by Gasteiger charge is -2.09.